The van der Waals surface area contributed by atoms with Gasteiger partial charge in [-0.15, -0.1) is 13.2 Å². The van der Waals surface area contributed by atoms with Gasteiger partial charge in [-0.3, -0.25) is 0 Å². The van der Waals surface area contributed by atoms with Gasteiger partial charge in [-0.05, 0) is 42.5 Å². The van der Waals surface area contributed by atoms with Crippen LogP contribution in [0.4, 0.5) is 13.2 Å². The number of ether oxygens (including phenoxy) is 1. The van der Waals surface area contributed by atoms with Crippen molar-refractivity contribution in [1.29, 1.82) is 0 Å². The lowest BCUT2D eigenvalue weighted by atomic mass is 10.2. The highest BCUT2D eigenvalue weighted by atomic mass is 35.5. The van der Waals surface area contributed by atoms with Crippen molar-refractivity contribution >= 4 is 32.8 Å². The van der Waals surface area contributed by atoms with Crippen molar-refractivity contribution < 1.29 is 34.9 Å². The molecule has 0 saturated carbocycles. The summed E-state index contributed by atoms with van der Waals surface area (Å²) in [5.74, 6) is -1.06. The molecule has 0 aliphatic rings. The van der Waals surface area contributed by atoms with Crippen molar-refractivity contribution in [3.63, 3.8) is 0 Å². The summed E-state index contributed by atoms with van der Waals surface area (Å²) in [5, 5.41) is 0.431. The Bertz CT molecular complexity index is 1370. The molecule has 6 nitrogen and oxygen atoms in total. The van der Waals surface area contributed by atoms with E-state index in [2.05, 4.69) is 9.72 Å². The van der Waals surface area contributed by atoms with E-state index in [1.807, 2.05) is 0 Å². The van der Waals surface area contributed by atoms with Crippen molar-refractivity contribution in [2.24, 2.45) is 0 Å². The highest BCUT2D eigenvalue weighted by molar-refractivity contribution is 7.87. The van der Waals surface area contributed by atoms with Crippen LogP contribution in [0, 0.1) is 0 Å². The molecule has 160 valence electrons. The van der Waals surface area contributed by atoms with E-state index >= 15 is 0 Å². The van der Waals surface area contributed by atoms with Gasteiger partial charge in [0.05, 0.1) is 5.56 Å². The molecule has 0 N–H and O–H groups in total. The Kier molecular flexibility index (Phi) is 5.28. The third-order valence-corrected chi connectivity index (χ3v) is 5.52. The van der Waals surface area contributed by atoms with Gasteiger partial charge in [0.1, 0.15) is 10.4 Å². The Balaban J connectivity index is 1.74. The van der Waals surface area contributed by atoms with Crippen LogP contribution in [0.3, 0.4) is 0 Å². The lowest BCUT2D eigenvalue weighted by Crippen LogP contribution is -2.20. The van der Waals surface area contributed by atoms with E-state index in [1.165, 1.54) is 30.3 Å². The zero-order chi connectivity index (χ0) is 22.2. The van der Waals surface area contributed by atoms with E-state index in [1.54, 1.807) is 24.3 Å². The first kappa shape index (κ1) is 21.0. The number of rotatable bonds is 5. The second-order valence-electron chi connectivity index (χ2n) is 6.16. The molecular weight excluding hydrogens is 459 g/mol. The van der Waals surface area contributed by atoms with Gasteiger partial charge < -0.3 is 13.3 Å². The van der Waals surface area contributed by atoms with Crippen molar-refractivity contribution in [3.8, 4) is 23.0 Å². The fraction of sp³-hybridized carbons (Fsp3) is 0.0500. The lowest BCUT2D eigenvalue weighted by molar-refractivity contribution is -0.275. The highest BCUT2D eigenvalue weighted by Gasteiger charge is 2.34. The Labute approximate surface area is 178 Å². The molecule has 0 spiro atoms. The van der Waals surface area contributed by atoms with E-state index in [4.69, 9.17) is 20.2 Å². The maximum Gasteiger partial charge on any atom is 0.573 e. The number of alkyl halides is 3. The van der Waals surface area contributed by atoms with Crippen molar-refractivity contribution in [1.82, 2.24) is 4.98 Å². The normalized spacial score (nSPS) is 12.1. The Morgan fingerprint density at radius 1 is 0.935 bits per heavy atom. The minimum atomic E-state index is -5.08. The van der Waals surface area contributed by atoms with Crippen LogP contribution in [0.15, 0.2) is 76.0 Å². The van der Waals surface area contributed by atoms with E-state index in [0.717, 1.165) is 12.1 Å². The highest BCUT2D eigenvalue weighted by Crippen LogP contribution is 2.36. The molecule has 0 fully saturated rings. The molecule has 0 bridgehead atoms. The molecule has 0 aliphatic carbocycles. The summed E-state index contributed by atoms with van der Waals surface area (Å²) in [6, 6.07) is 14.9. The Morgan fingerprint density at radius 2 is 1.61 bits per heavy atom. The summed E-state index contributed by atoms with van der Waals surface area (Å²) >= 11 is 5.94. The number of benzene rings is 3. The lowest BCUT2D eigenvalue weighted by Gasteiger charge is -2.14. The van der Waals surface area contributed by atoms with Crippen LogP contribution in [0.25, 0.3) is 22.6 Å². The van der Waals surface area contributed by atoms with Gasteiger partial charge in [0.15, 0.2) is 17.1 Å². The van der Waals surface area contributed by atoms with Crippen LogP contribution in [-0.4, -0.2) is 19.8 Å². The zero-order valence-corrected chi connectivity index (χ0v) is 16.8. The van der Waals surface area contributed by atoms with Crippen molar-refractivity contribution in [2.45, 2.75) is 11.3 Å². The van der Waals surface area contributed by atoms with Gasteiger partial charge in [-0.2, -0.15) is 8.42 Å². The summed E-state index contributed by atoms with van der Waals surface area (Å²) in [5.41, 5.74) is 1.01. The predicted octanol–water partition coefficient (Wildman–Crippen LogP) is 5.81. The van der Waals surface area contributed by atoms with Crippen molar-refractivity contribution in [3.05, 3.63) is 71.8 Å². The van der Waals surface area contributed by atoms with Gasteiger partial charge in [0.25, 0.3) is 0 Å². The summed E-state index contributed by atoms with van der Waals surface area (Å²) in [4.78, 5) is 3.49. The second kappa shape index (κ2) is 7.78. The van der Waals surface area contributed by atoms with E-state index in [-0.39, 0.29) is 17.2 Å². The van der Waals surface area contributed by atoms with Crippen LogP contribution in [0.5, 0.6) is 11.5 Å². The van der Waals surface area contributed by atoms with Crippen LogP contribution >= 0.6 is 11.6 Å². The minimum absolute atomic E-state index is 0.0443. The number of hydrogen-bond donors (Lipinski definition) is 0. The molecule has 4 aromatic rings. The molecule has 11 heteroatoms. The smallest absolute Gasteiger partial charge is 0.436 e. The molecule has 31 heavy (non-hydrogen) atoms. The standard InChI is InChI=1S/C20H11ClF3NO5S/c21-12-9-10-16-14(11-12)25-19(28-16)13-5-1-2-6-15(13)30-31(26,27)18-8-4-3-7-17(18)29-20(22,23)24/h1-11H. The Hall–Kier alpha value is -3.24. The van der Waals surface area contributed by atoms with E-state index in [9.17, 15) is 21.6 Å². The van der Waals surface area contributed by atoms with Gasteiger partial charge in [-0.1, -0.05) is 35.9 Å². The number of para-hydroxylation sites is 2. The number of halogens is 4. The molecule has 0 atom stereocenters. The van der Waals surface area contributed by atoms with Gasteiger partial charge >= 0.3 is 16.5 Å². The molecule has 4 rings (SSSR count). The van der Waals surface area contributed by atoms with Crippen molar-refractivity contribution in [2.75, 3.05) is 0 Å². The molecular formula is C20H11ClF3NO5S. The fourth-order valence-electron chi connectivity index (χ4n) is 2.76. The SMILES string of the molecule is O=S(=O)(Oc1ccccc1-c1nc2cc(Cl)ccc2o1)c1ccccc1OC(F)(F)F. The first-order valence-electron chi connectivity index (χ1n) is 8.57. The van der Waals surface area contributed by atoms with E-state index < -0.39 is 27.1 Å². The van der Waals surface area contributed by atoms with Gasteiger partial charge in [0, 0.05) is 5.02 Å². The van der Waals surface area contributed by atoms with Gasteiger partial charge in [0.2, 0.25) is 5.89 Å². The topological polar surface area (TPSA) is 78.6 Å². The minimum Gasteiger partial charge on any atom is -0.436 e. The number of nitrogens with zero attached hydrogens (tertiary/aromatic N) is 1. The first-order chi connectivity index (χ1) is 14.6. The molecule has 0 aliphatic heterocycles. The average molecular weight is 470 g/mol. The van der Waals surface area contributed by atoms with Crippen LogP contribution in [-0.2, 0) is 10.1 Å². The average Bonchev–Trinajstić information content (AvgIpc) is 3.10. The molecule has 1 heterocycles. The van der Waals surface area contributed by atoms with Gasteiger partial charge in [-0.25, -0.2) is 4.98 Å². The Morgan fingerprint density at radius 3 is 2.35 bits per heavy atom. The monoisotopic (exact) mass is 469 g/mol. The largest absolute Gasteiger partial charge is 0.573 e. The number of hydrogen-bond acceptors (Lipinski definition) is 6. The van der Waals surface area contributed by atoms with E-state index in [0.29, 0.717) is 16.1 Å². The number of fused-ring (bicyclic) bond motifs is 1. The molecule has 1 aromatic heterocycles. The zero-order valence-electron chi connectivity index (χ0n) is 15.3. The maximum absolute atomic E-state index is 12.8. The maximum atomic E-state index is 12.8. The number of aromatic nitrogens is 1. The summed E-state index contributed by atoms with van der Waals surface area (Å²) in [7, 11) is -4.70. The summed E-state index contributed by atoms with van der Waals surface area (Å²) in [6.07, 6.45) is -5.08. The number of oxazole rings is 1. The summed E-state index contributed by atoms with van der Waals surface area (Å²) < 4.78 is 78.1. The molecule has 0 saturated heterocycles. The first-order valence-corrected chi connectivity index (χ1v) is 10.4. The molecule has 0 amide bonds. The second-order valence-corrected chi connectivity index (χ2v) is 8.11. The molecule has 0 unspecified atom stereocenters. The van der Waals surface area contributed by atoms with Crippen LogP contribution in [0.1, 0.15) is 0 Å². The molecule has 0 radical (unpaired) electrons. The summed E-state index contributed by atoms with van der Waals surface area (Å²) in [6.45, 7) is 0. The third-order valence-electron chi connectivity index (χ3n) is 4.01. The molecule has 3 aromatic carbocycles. The van der Waals surface area contributed by atoms with Crippen LogP contribution in [0.2, 0.25) is 5.02 Å². The third kappa shape index (κ3) is 4.59. The van der Waals surface area contributed by atoms with Crippen LogP contribution < -0.4 is 8.92 Å². The fourth-order valence-corrected chi connectivity index (χ4v) is 4.00. The quantitative estimate of drug-likeness (QED) is 0.343. The predicted molar refractivity (Wildman–Crippen MR) is 105 cm³/mol.